The van der Waals surface area contributed by atoms with Crippen LogP contribution in [-0.2, 0) is 44.8 Å². The maximum absolute atomic E-state index is 10.2. The molecule has 0 heterocycles. The van der Waals surface area contributed by atoms with Crippen molar-refractivity contribution >= 4 is 37.7 Å². The Kier molecular flexibility index (Phi) is 18.7. The van der Waals surface area contributed by atoms with E-state index in [4.69, 9.17) is 0 Å². The minimum Gasteiger partial charge on any atom is -0.889 e. The Morgan fingerprint density at radius 2 is 0.517 bits per heavy atom. The maximum atomic E-state index is 10.2. The molecule has 154 valence electrons. The third kappa shape index (κ3) is 13.9. The number of rotatable bonds is 3. The Balaban J connectivity index is 0. The Labute approximate surface area is 202 Å². The van der Waals surface area contributed by atoms with Gasteiger partial charge in [0.15, 0.2) is 0 Å². The van der Waals surface area contributed by atoms with E-state index in [1.807, 2.05) is 0 Å². The van der Waals surface area contributed by atoms with Gasteiger partial charge in [0.1, 0.15) is 0 Å². The van der Waals surface area contributed by atoms with Crippen LogP contribution in [-0.4, -0.2) is 21.4 Å². The van der Waals surface area contributed by atoms with E-state index in [-0.39, 0.29) is 44.8 Å². The molecule has 0 atom stereocenters. The summed E-state index contributed by atoms with van der Waals surface area (Å²) in [5, 5.41) is 61.0. The average molecular weight is 754 g/mol. The van der Waals surface area contributed by atoms with Crippen LogP contribution in [0.3, 0.4) is 0 Å². The Morgan fingerprint density at radius 3 is 0.621 bits per heavy atom. The van der Waals surface area contributed by atoms with Gasteiger partial charge in [0.25, 0.3) is 0 Å². The molecule has 0 radical (unpaired) electrons. The maximum Gasteiger partial charge on any atom is 3.00 e. The summed E-state index contributed by atoms with van der Waals surface area (Å²) in [7, 11) is -5.52. The zero-order valence-corrected chi connectivity index (χ0v) is 19.3. The fourth-order valence-corrected chi connectivity index (χ4v) is 1.83. The Hall–Kier alpha value is -0.905. The Bertz CT molecular complexity index is 635. The SMILES string of the molecule is [Au+3].[Au+3].[O-]B([O-])c1ccccc1.[O-]B([O-])c1ccccc1.[O-]B([O-])c1ccccc1. The first-order chi connectivity index (χ1) is 12.9. The molecule has 0 saturated carbocycles. The molecule has 0 amide bonds. The molecule has 0 aliphatic heterocycles. The molecule has 0 aliphatic carbocycles. The summed E-state index contributed by atoms with van der Waals surface area (Å²) >= 11 is 0. The monoisotopic (exact) mass is 754 g/mol. The summed E-state index contributed by atoms with van der Waals surface area (Å²) in [6, 6.07) is 24.6. The van der Waals surface area contributed by atoms with Gasteiger partial charge in [0.05, 0.1) is 0 Å². The third-order valence-electron chi connectivity index (χ3n) is 3.22. The molecular weight excluding hydrogens is 739 g/mol. The minimum absolute atomic E-state index is 0. The second-order valence-electron chi connectivity index (χ2n) is 5.23. The zero-order valence-electron chi connectivity index (χ0n) is 14.9. The third-order valence-corrected chi connectivity index (χ3v) is 3.22. The minimum atomic E-state index is -1.84. The van der Waals surface area contributed by atoms with E-state index in [1.165, 1.54) is 36.4 Å². The molecular formula is C18H15Au2B3O6. The second-order valence-corrected chi connectivity index (χ2v) is 5.23. The molecule has 0 N–H and O–H groups in total. The molecule has 0 bridgehead atoms. The van der Waals surface area contributed by atoms with Crippen LogP contribution >= 0.6 is 0 Å². The standard InChI is InChI=1S/3C6H5BO2.2Au/c3*8-7(9)6-4-2-1-3-5-6;;/h3*1-5H;;/q3*-2;2*+3. The molecule has 0 aliphatic rings. The fraction of sp³-hybridized carbons (Fsp3) is 0. The summed E-state index contributed by atoms with van der Waals surface area (Å²) in [4.78, 5) is 0. The number of hydrogen-bond donors (Lipinski definition) is 0. The van der Waals surface area contributed by atoms with Gasteiger partial charge in [-0.25, -0.2) is 0 Å². The smallest absolute Gasteiger partial charge is 0.889 e. The van der Waals surface area contributed by atoms with Gasteiger partial charge in [-0.1, -0.05) is 112 Å². The summed E-state index contributed by atoms with van der Waals surface area (Å²) in [5.41, 5.74) is 0.910. The molecule has 3 rings (SSSR count). The number of hydrogen-bond acceptors (Lipinski definition) is 6. The van der Waals surface area contributed by atoms with Crippen LogP contribution < -0.4 is 46.5 Å². The number of benzene rings is 3. The van der Waals surface area contributed by atoms with Crippen LogP contribution in [0.15, 0.2) is 91.0 Å². The van der Waals surface area contributed by atoms with E-state index in [9.17, 15) is 30.1 Å². The van der Waals surface area contributed by atoms with E-state index in [0.29, 0.717) is 16.4 Å². The van der Waals surface area contributed by atoms with Gasteiger partial charge in [0, 0.05) is 0 Å². The summed E-state index contributed by atoms with van der Waals surface area (Å²) < 4.78 is 0. The van der Waals surface area contributed by atoms with Gasteiger partial charge in [-0.05, 0) is 0 Å². The summed E-state index contributed by atoms with van der Waals surface area (Å²) in [6.45, 7) is 0. The van der Waals surface area contributed by atoms with Gasteiger partial charge < -0.3 is 30.1 Å². The molecule has 3 aromatic carbocycles. The van der Waals surface area contributed by atoms with Crippen LogP contribution in [0.1, 0.15) is 0 Å². The van der Waals surface area contributed by atoms with Crippen molar-refractivity contribution in [2.24, 2.45) is 0 Å². The van der Waals surface area contributed by atoms with Crippen molar-refractivity contribution in [1.82, 2.24) is 0 Å². The van der Waals surface area contributed by atoms with Gasteiger partial charge >= 0.3 is 44.8 Å². The van der Waals surface area contributed by atoms with Crippen LogP contribution in [0, 0.1) is 0 Å². The van der Waals surface area contributed by atoms with Gasteiger partial charge in [0.2, 0.25) is 0 Å². The average Bonchev–Trinajstić information content (AvgIpc) is 2.71. The van der Waals surface area contributed by atoms with Gasteiger partial charge in [-0.15, -0.1) is 16.4 Å². The quantitative estimate of drug-likeness (QED) is 0.245. The molecule has 0 saturated heterocycles. The van der Waals surface area contributed by atoms with Crippen molar-refractivity contribution in [1.29, 1.82) is 0 Å². The summed E-state index contributed by atoms with van der Waals surface area (Å²) in [6.07, 6.45) is 0. The topological polar surface area (TPSA) is 138 Å². The van der Waals surface area contributed by atoms with E-state index in [1.54, 1.807) is 54.6 Å². The van der Waals surface area contributed by atoms with Gasteiger partial charge in [-0.3, -0.25) is 0 Å². The molecule has 0 spiro atoms. The van der Waals surface area contributed by atoms with Crippen LogP contribution in [0.2, 0.25) is 0 Å². The largest absolute Gasteiger partial charge is 3.00 e. The van der Waals surface area contributed by atoms with E-state index >= 15 is 0 Å². The van der Waals surface area contributed by atoms with E-state index < -0.39 is 21.4 Å². The molecule has 29 heavy (non-hydrogen) atoms. The predicted octanol–water partition coefficient (Wildman–Crippen LogP) is -5.70. The molecule has 0 unspecified atom stereocenters. The molecule has 0 aromatic heterocycles. The first-order valence-electron chi connectivity index (χ1n) is 8.01. The fourth-order valence-electron chi connectivity index (χ4n) is 1.83. The molecule has 0 fully saturated rings. The van der Waals surface area contributed by atoms with Crippen molar-refractivity contribution in [3.8, 4) is 0 Å². The van der Waals surface area contributed by atoms with Crippen molar-refractivity contribution in [2.45, 2.75) is 0 Å². The normalized spacial score (nSPS) is 8.48. The molecule has 3 aromatic rings. The van der Waals surface area contributed by atoms with Crippen LogP contribution in [0.4, 0.5) is 0 Å². The van der Waals surface area contributed by atoms with Crippen molar-refractivity contribution < 1.29 is 74.9 Å². The first kappa shape index (κ1) is 30.3. The van der Waals surface area contributed by atoms with E-state index in [0.717, 1.165) is 0 Å². The van der Waals surface area contributed by atoms with Crippen molar-refractivity contribution in [3.05, 3.63) is 91.0 Å². The van der Waals surface area contributed by atoms with Crippen molar-refractivity contribution in [3.63, 3.8) is 0 Å². The van der Waals surface area contributed by atoms with Crippen LogP contribution in [0.25, 0.3) is 0 Å². The zero-order chi connectivity index (χ0) is 20.1. The van der Waals surface area contributed by atoms with Gasteiger partial charge in [-0.2, -0.15) is 0 Å². The predicted molar refractivity (Wildman–Crippen MR) is 95.5 cm³/mol. The first-order valence-corrected chi connectivity index (χ1v) is 8.01. The van der Waals surface area contributed by atoms with E-state index in [2.05, 4.69) is 0 Å². The van der Waals surface area contributed by atoms with Crippen molar-refractivity contribution in [2.75, 3.05) is 0 Å². The Morgan fingerprint density at radius 1 is 0.345 bits per heavy atom. The second kappa shape index (κ2) is 17.9. The molecule has 6 nitrogen and oxygen atoms in total. The molecule has 11 heteroatoms. The summed E-state index contributed by atoms with van der Waals surface area (Å²) in [5.74, 6) is 0. The van der Waals surface area contributed by atoms with Crippen LogP contribution in [0.5, 0.6) is 0 Å².